The number of aryl methyl sites for hydroxylation is 1. The molecule has 0 aliphatic rings. The van der Waals surface area contributed by atoms with Crippen LogP contribution in [0, 0.1) is 6.92 Å². The van der Waals surface area contributed by atoms with Crippen molar-refractivity contribution in [2.24, 2.45) is 0 Å². The number of aromatic amines is 1. The fourth-order valence-corrected chi connectivity index (χ4v) is 2.39. The lowest BCUT2D eigenvalue weighted by Gasteiger charge is -2.06. The molecule has 2 aromatic rings. The molecule has 0 spiro atoms. The van der Waals surface area contributed by atoms with Crippen LogP contribution in [0.25, 0.3) is 0 Å². The van der Waals surface area contributed by atoms with Gasteiger partial charge in [0.05, 0.1) is 6.54 Å². The maximum absolute atomic E-state index is 11.7. The fourth-order valence-electron chi connectivity index (χ4n) is 1.54. The second kappa shape index (κ2) is 5.66. The molecule has 0 bridgehead atoms. The average molecular weight is 279 g/mol. The van der Waals surface area contributed by atoms with Crippen LogP contribution in [-0.2, 0) is 17.9 Å². The highest BCUT2D eigenvalue weighted by atomic mass is 32.1. The number of thiophene rings is 1. The summed E-state index contributed by atoms with van der Waals surface area (Å²) < 4.78 is 0.985. The smallest absolute Gasteiger partial charge is 0.265 e. The van der Waals surface area contributed by atoms with E-state index in [1.165, 1.54) is 0 Å². The normalized spacial score (nSPS) is 10.4. The molecule has 100 valence electrons. The fraction of sp³-hybridized carbons (Fsp3) is 0.250. The van der Waals surface area contributed by atoms with Crippen LogP contribution in [0.1, 0.15) is 10.4 Å². The Kier molecular flexibility index (Phi) is 3.96. The van der Waals surface area contributed by atoms with Crippen LogP contribution in [-0.4, -0.2) is 15.7 Å². The van der Waals surface area contributed by atoms with Crippen molar-refractivity contribution < 1.29 is 4.79 Å². The summed E-state index contributed by atoms with van der Waals surface area (Å²) in [4.78, 5) is 35.2. The minimum atomic E-state index is -0.415. The largest absolute Gasteiger partial charge is 0.350 e. The molecule has 0 aliphatic heterocycles. The SMILES string of the molecule is Cc1ccsc1CNC(=O)Cn1[nH]c(=O)ccc1=O. The summed E-state index contributed by atoms with van der Waals surface area (Å²) in [5.41, 5.74) is 0.291. The summed E-state index contributed by atoms with van der Waals surface area (Å²) in [5, 5.41) is 6.97. The number of carbonyl (C=O) groups excluding carboxylic acids is 1. The Hall–Kier alpha value is -2.15. The number of amides is 1. The molecule has 0 aliphatic carbocycles. The molecule has 19 heavy (non-hydrogen) atoms. The highest BCUT2D eigenvalue weighted by Crippen LogP contribution is 2.14. The first-order valence-electron chi connectivity index (χ1n) is 5.66. The third-order valence-electron chi connectivity index (χ3n) is 2.60. The molecule has 0 aromatic carbocycles. The van der Waals surface area contributed by atoms with Gasteiger partial charge in [-0.3, -0.25) is 19.5 Å². The Bertz CT molecular complexity index is 698. The molecule has 2 rings (SSSR count). The molecule has 2 aromatic heterocycles. The minimum absolute atomic E-state index is 0.195. The second-order valence-electron chi connectivity index (χ2n) is 4.04. The maximum Gasteiger partial charge on any atom is 0.265 e. The number of H-pyrrole nitrogens is 1. The van der Waals surface area contributed by atoms with Crippen LogP contribution in [0.2, 0.25) is 0 Å². The summed E-state index contributed by atoms with van der Waals surface area (Å²) in [7, 11) is 0. The Morgan fingerprint density at radius 2 is 2.16 bits per heavy atom. The van der Waals surface area contributed by atoms with Crippen LogP contribution in [0.4, 0.5) is 0 Å². The number of aromatic nitrogens is 2. The standard InChI is InChI=1S/C12H13N3O3S/c1-8-4-5-19-9(8)6-13-11(17)7-15-12(18)3-2-10(16)14-15/h2-5H,6-7H2,1H3,(H,13,17)(H,14,16). The third kappa shape index (κ3) is 3.41. The number of nitrogens with zero attached hydrogens (tertiary/aromatic N) is 1. The van der Waals surface area contributed by atoms with Crippen molar-refractivity contribution >= 4 is 17.2 Å². The zero-order valence-electron chi connectivity index (χ0n) is 10.3. The van der Waals surface area contributed by atoms with Crippen molar-refractivity contribution in [2.45, 2.75) is 20.0 Å². The van der Waals surface area contributed by atoms with Crippen molar-refractivity contribution in [3.63, 3.8) is 0 Å². The Balaban J connectivity index is 1.98. The van der Waals surface area contributed by atoms with Crippen molar-refractivity contribution in [3.05, 3.63) is 54.7 Å². The van der Waals surface area contributed by atoms with E-state index in [0.717, 1.165) is 27.3 Å². The van der Waals surface area contributed by atoms with E-state index in [1.54, 1.807) is 11.3 Å². The highest BCUT2D eigenvalue weighted by Gasteiger charge is 2.06. The molecule has 1 amide bonds. The van der Waals surface area contributed by atoms with E-state index in [1.807, 2.05) is 18.4 Å². The molecule has 0 unspecified atom stereocenters. The quantitative estimate of drug-likeness (QED) is 0.840. The van der Waals surface area contributed by atoms with Gasteiger partial charge < -0.3 is 5.32 Å². The molecule has 0 saturated carbocycles. The van der Waals surface area contributed by atoms with Gasteiger partial charge >= 0.3 is 0 Å². The molecule has 0 atom stereocenters. The van der Waals surface area contributed by atoms with Gasteiger partial charge in [-0.25, -0.2) is 4.68 Å². The topological polar surface area (TPSA) is 84.0 Å². The van der Waals surface area contributed by atoms with E-state index in [0.29, 0.717) is 6.54 Å². The van der Waals surface area contributed by atoms with Crippen molar-refractivity contribution in [1.29, 1.82) is 0 Å². The molecule has 0 radical (unpaired) electrons. The maximum atomic E-state index is 11.7. The third-order valence-corrected chi connectivity index (χ3v) is 3.63. The van der Waals surface area contributed by atoms with Gasteiger partial charge in [0.25, 0.3) is 11.1 Å². The number of hydrogen-bond donors (Lipinski definition) is 2. The average Bonchev–Trinajstić information content (AvgIpc) is 2.77. The number of nitrogens with one attached hydrogen (secondary N) is 2. The van der Waals surface area contributed by atoms with Gasteiger partial charge in [0.15, 0.2) is 0 Å². The lowest BCUT2D eigenvalue weighted by atomic mass is 10.3. The highest BCUT2D eigenvalue weighted by molar-refractivity contribution is 7.10. The summed E-state index contributed by atoms with van der Waals surface area (Å²) in [6.07, 6.45) is 0. The number of hydrogen-bond acceptors (Lipinski definition) is 4. The first-order chi connectivity index (χ1) is 9.06. The van der Waals surface area contributed by atoms with Gasteiger partial charge in [0, 0.05) is 17.0 Å². The summed E-state index contributed by atoms with van der Waals surface area (Å²) in [5.74, 6) is -0.322. The van der Waals surface area contributed by atoms with Gasteiger partial charge in [-0.15, -0.1) is 11.3 Å². The molecule has 0 saturated heterocycles. The first-order valence-corrected chi connectivity index (χ1v) is 6.54. The number of carbonyl (C=O) groups is 1. The van der Waals surface area contributed by atoms with Gasteiger partial charge in [-0.05, 0) is 23.9 Å². The lowest BCUT2D eigenvalue weighted by molar-refractivity contribution is -0.122. The first kappa shape index (κ1) is 13.3. The zero-order chi connectivity index (χ0) is 13.8. The Labute approximate surface area is 112 Å². The van der Waals surface area contributed by atoms with Crippen LogP contribution >= 0.6 is 11.3 Å². The predicted molar refractivity (Wildman–Crippen MR) is 72.2 cm³/mol. The lowest BCUT2D eigenvalue weighted by Crippen LogP contribution is -2.35. The van der Waals surface area contributed by atoms with E-state index in [2.05, 4.69) is 10.4 Å². The summed E-state index contributed by atoms with van der Waals surface area (Å²) in [6.45, 7) is 2.20. The number of rotatable bonds is 4. The van der Waals surface area contributed by atoms with Crippen molar-refractivity contribution in [3.8, 4) is 0 Å². The van der Waals surface area contributed by atoms with Crippen LogP contribution in [0.3, 0.4) is 0 Å². The van der Waals surface area contributed by atoms with Crippen LogP contribution < -0.4 is 16.4 Å². The molecule has 0 fully saturated rings. The molecule has 6 nitrogen and oxygen atoms in total. The van der Waals surface area contributed by atoms with E-state index >= 15 is 0 Å². The molecule has 2 N–H and O–H groups in total. The van der Waals surface area contributed by atoms with E-state index in [9.17, 15) is 14.4 Å². The predicted octanol–water partition coefficient (Wildman–Crippen LogP) is 0.223. The second-order valence-corrected chi connectivity index (χ2v) is 5.04. The van der Waals surface area contributed by atoms with Crippen molar-refractivity contribution in [1.82, 2.24) is 15.1 Å². The monoisotopic (exact) mass is 279 g/mol. The molecule has 7 heteroatoms. The van der Waals surface area contributed by atoms with Gasteiger partial charge in [0.2, 0.25) is 5.91 Å². The van der Waals surface area contributed by atoms with Gasteiger partial charge in [-0.1, -0.05) is 0 Å². The Morgan fingerprint density at radius 3 is 2.84 bits per heavy atom. The van der Waals surface area contributed by atoms with E-state index in [-0.39, 0.29) is 12.5 Å². The summed E-state index contributed by atoms with van der Waals surface area (Å²) >= 11 is 1.56. The van der Waals surface area contributed by atoms with Gasteiger partial charge in [-0.2, -0.15) is 0 Å². The molecular formula is C12H13N3O3S. The van der Waals surface area contributed by atoms with E-state index in [4.69, 9.17) is 0 Å². The zero-order valence-corrected chi connectivity index (χ0v) is 11.1. The Morgan fingerprint density at radius 1 is 1.37 bits per heavy atom. The van der Waals surface area contributed by atoms with E-state index < -0.39 is 11.1 Å². The minimum Gasteiger partial charge on any atom is -0.350 e. The van der Waals surface area contributed by atoms with Crippen LogP contribution in [0.15, 0.2) is 33.2 Å². The van der Waals surface area contributed by atoms with Crippen molar-refractivity contribution in [2.75, 3.05) is 0 Å². The summed E-state index contributed by atoms with van der Waals surface area (Å²) in [6, 6.07) is 4.24. The molecule has 2 heterocycles. The van der Waals surface area contributed by atoms with Crippen LogP contribution in [0.5, 0.6) is 0 Å². The molecular weight excluding hydrogens is 266 g/mol. The van der Waals surface area contributed by atoms with Gasteiger partial charge in [0.1, 0.15) is 6.54 Å².